The van der Waals surface area contributed by atoms with E-state index in [1.165, 1.54) is 127 Å². The molecule has 270 valence electrons. The summed E-state index contributed by atoms with van der Waals surface area (Å²) in [6.07, 6.45) is 18.5. The molecule has 0 bridgehead atoms. The van der Waals surface area contributed by atoms with Crippen molar-refractivity contribution in [1.29, 1.82) is 0 Å². The molecule has 0 amide bonds. The Morgan fingerprint density at radius 1 is 0.370 bits per heavy atom. The molecular formula is C36H66Cl4N4O2. The van der Waals surface area contributed by atoms with Gasteiger partial charge in [-0.15, -0.1) is 49.6 Å². The van der Waals surface area contributed by atoms with Gasteiger partial charge < -0.3 is 30.7 Å². The summed E-state index contributed by atoms with van der Waals surface area (Å²) < 4.78 is 10.8. The lowest BCUT2D eigenvalue weighted by Gasteiger charge is -2.09. The third kappa shape index (κ3) is 26.0. The number of unbranched alkanes of at least 4 members (excludes halogenated alkanes) is 11. The number of hydrogen-bond donors (Lipinski definition) is 4. The van der Waals surface area contributed by atoms with Crippen LogP contribution in [0, 0.1) is 0 Å². The van der Waals surface area contributed by atoms with Gasteiger partial charge in [0.25, 0.3) is 0 Å². The van der Waals surface area contributed by atoms with E-state index in [2.05, 4.69) is 45.5 Å². The molecule has 0 aliphatic heterocycles. The molecule has 4 N–H and O–H groups in total. The van der Waals surface area contributed by atoms with E-state index in [1.807, 2.05) is 24.3 Å². The summed E-state index contributed by atoms with van der Waals surface area (Å²) in [4.78, 5) is 0. The summed E-state index contributed by atoms with van der Waals surface area (Å²) in [6.45, 7) is 8.62. The number of halogens is 4. The van der Waals surface area contributed by atoms with Crippen LogP contribution in [-0.2, 0) is 13.1 Å². The predicted molar refractivity (Wildman–Crippen MR) is 209 cm³/mol. The first-order valence-electron chi connectivity index (χ1n) is 16.9. The standard InChI is InChI=1S/C36H62N4O2.4ClH/c1-41-35-23-13-11-21-33(35)31-39-29-19-9-7-17-27-37-25-15-5-3-4-6-16-26-38-28-18-8-10-20-30-40-32-34-22-12-14-24-36(34)42-2;;;;/h11-14,21-24,37-40H,3-10,15-20,25-32H2,1-2H3;4*1H. The highest BCUT2D eigenvalue weighted by Crippen LogP contribution is 2.17. The van der Waals surface area contributed by atoms with Crippen molar-refractivity contribution in [2.45, 2.75) is 103 Å². The van der Waals surface area contributed by atoms with E-state index in [1.54, 1.807) is 14.2 Å². The zero-order chi connectivity index (χ0) is 29.8. The number of benzene rings is 2. The highest BCUT2D eigenvalue weighted by molar-refractivity contribution is 5.86. The van der Waals surface area contributed by atoms with Crippen LogP contribution in [0.1, 0.15) is 101 Å². The monoisotopic (exact) mass is 726 g/mol. The molecule has 0 atom stereocenters. The second kappa shape index (κ2) is 36.9. The minimum Gasteiger partial charge on any atom is -0.496 e. The molecule has 0 radical (unpaired) electrons. The Morgan fingerprint density at radius 3 is 0.935 bits per heavy atom. The summed E-state index contributed by atoms with van der Waals surface area (Å²) >= 11 is 0. The molecule has 0 aliphatic rings. The third-order valence-corrected chi connectivity index (χ3v) is 7.89. The van der Waals surface area contributed by atoms with E-state index in [-0.39, 0.29) is 49.6 Å². The highest BCUT2D eigenvalue weighted by Gasteiger charge is 2.01. The molecule has 0 unspecified atom stereocenters. The third-order valence-electron chi connectivity index (χ3n) is 7.89. The number of hydrogen-bond acceptors (Lipinski definition) is 6. The Labute approximate surface area is 306 Å². The summed E-state index contributed by atoms with van der Waals surface area (Å²) in [7, 11) is 3.48. The number of ether oxygens (including phenoxy) is 2. The van der Waals surface area contributed by atoms with E-state index in [0.29, 0.717) is 0 Å². The topological polar surface area (TPSA) is 66.6 Å². The van der Waals surface area contributed by atoms with Gasteiger partial charge in [-0.25, -0.2) is 0 Å². The first-order valence-corrected chi connectivity index (χ1v) is 16.9. The van der Waals surface area contributed by atoms with Gasteiger partial charge >= 0.3 is 0 Å². The van der Waals surface area contributed by atoms with Crippen LogP contribution in [0.3, 0.4) is 0 Å². The second-order valence-electron chi connectivity index (χ2n) is 11.4. The molecule has 0 saturated heterocycles. The summed E-state index contributed by atoms with van der Waals surface area (Å²) in [6, 6.07) is 16.5. The first-order chi connectivity index (χ1) is 20.8. The van der Waals surface area contributed by atoms with Crippen LogP contribution in [0.5, 0.6) is 11.5 Å². The van der Waals surface area contributed by atoms with Crippen molar-refractivity contribution in [3.8, 4) is 11.5 Å². The van der Waals surface area contributed by atoms with E-state index < -0.39 is 0 Å². The van der Waals surface area contributed by atoms with Crippen molar-refractivity contribution in [2.24, 2.45) is 0 Å². The average molecular weight is 729 g/mol. The minimum atomic E-state index is 0. The summed E-state index contributed by atoms with van der Waals surface area (Å²) in [5.41, 5.74) is 2.47. The Bertz CT molecular complexity index is 827. The number of rotatable bonds is 29. The molecule has 2 aromatic carbocycles. The smallest absolute Gasteiger partial charge is 0.123 e. The first kappa shape index (κ1) is 49.4. The summed E-state index contributed by atoms with van der Waals surface area (Å²) in [5.74, 6) is 1.95. The van der Waals surface area contributed by atoms with Gasteiger partial charge in [-0.3, -0.25) is 0 Å². The van der Waals surface area contributed by atoms with Crippen LogP contribution < -0.4 is 30.7 Å². The maximum atomic E-state index is 5.41. The lowest BCUT2D eigenvalue weighted by atomic mass is 10.1. The molecule has 6 nitrogen and oxygen atoms in total. The second-order valence-corrected chi connectivity index (χ2v) is 11.4. The Balaban J connectivity index is -0.00000462. The largest absolute Gasteiger partial charge is 0.496 e. The van der Waals surface area contributed by atoms with Gasteiger partial charge in [-0.2, -0.15) is 0 Å². The van der Waals surface area contributed by atoms with Crippen molar-refractivity contribution in [1.82, 2.24) is 21.3 Å². The van der Waals surface area contributed by atoms with Crippen LogP contribution in [0.15, 0.2) is 48.5 Å². The maximum absolute atomic E-state index is 5.41. The molecule has 2 rings (SSSR count). The lowest BCUT2D eigenvalue weighted by Crippen LogP contribution is -2.17. The van der Waals surface area contributed by atoms with Crippen molar-refractivity contribution in [2.75, 3.05) is 53.5 Å². The normalized spacial score (nSPS) is 10.2. The summed E-state index contributed by atoms with van der Waals surface area (Å²) in [5, 5.41) is 14.4. The van der Waals surface area contributed by atoms with Gasteiger partial charge in [0.05, 0.1) is 14.2 Å². The SMILES string of the molecule is COc1ccccc1CNCCCCCCNCCCCCCCCNCCCCCCNCc1ccccc1OC.Cl.Cl.Cl.Cl. The van der Waals surface area contributed by atoms with E-state index >= 15 is 0 Å². The van der Waals surface area contributed by atoms with Crippen LogP contribution in [-0.4, -0.2) is 53.5 Å². The fourth-order valence-electron chi connectivity index (χ4n) is 5.31. The minimum absolute atomic E-state index is 0. The molecule has 10 heteroatoms. The van der Waals surface area contributed by atoms with E-state index in [0.717, 1.165) is 37.7 Å². The molecule has 0 aliphatic carbocycles. The molecule has 2 aromatic rings. The van der Waals surface area contributed by atoms with Gasteiger partial charge in [0.2, 0.25) is 0 Å². The number of methoxy groups -OCH3 is 2. The van der Waals surface area contributed by atoms with Gasteiger partial charge in [0.1, 0.15) is 11.5 Å². The molecule has 0 heterocycles. The van der Waals surface area contributed by atoms with Gasteiger partial charge in [0, 0.05) is 24.2 Å². The quantitative estimate of drug-likeness (QED) is 0.0628. The van der Waals surface area contributed by atoms with Gasteiger partial charge in [0.15, 0.2) is 0 Å². The van der Waals surface area contributed by atoms with E-state index in [9.17, 15) is 0 Å². The number of nitrogens with one attached hydrogen (secondary N) is 4. The highest BCUT2D eigenvalue weighted by atomic mass is 35.5. The molecule has 0 aromatic heterocycles. The van der Waals surface area contributed by atoms with Crippen molar-refractivity contribution in [3.63, 3.8) is 0 Å². The van der Waals surface area contributed by atoms with Gasteiger partial charge in [-0.1, -0.05) is 87.8 Å². The molecule has 46 heavy (non-hydrogen) atoms. The fraction of sp³-hybridized carbons (Fsp3) is 0.667. The van der Waals surface area contributed by atoms with Crippen LogP contribution in [0.25, 0.3) is 0 Å². The Kier molecular flexibility index (Phi) is 39.6. The van der Waals surface area contributed by atoms with E-state index in [4.69, 9.17) is 9.47 Å². The lowest BCUT2D eigenvalue weighted by molar-refractivity contribution is 0.407. The molecule has 0 saturated carbocycles. The maximum Gasteiger partial charge on any atom is 0.123 e. The van der Waals surface area contributed by atoms with Crippen LogP contribution >= 0.6 is 49.6 Å². The fourth-order valence-corrected chi connectivity index (χ4v) is 5.31. The zero-order valence-electron chi connectivity index (χ0n) is 28.6. The molecular weight excluding hydrogens is 662 g/mol. The van der Waals surface area contributed by atoms with Crippen molar-refractivity contribution < 1.29 is 9.47 Å². The van der Waals surface area contributed by atoms with Crippen molar-refractivity contribution in [3.05, 3.63) is 59.7 Å². The molecule has 0 spiro atoms. The van der Waals surface area contributed by atoms with Gasteiger partial charge in [-0.05, 0) is 89.9 Å². The Hall–Kier alpha value is -0.960. The Morgan fingerprint density at radius 2 is 0.630 bits per heavy atom. The van der Waals surface area contributed by atoms with Crippen LogP contribution in [0.2, 0.25) is 0 Å². The van der Waals surface area contributed by atoms with Crippen molar-refractivity contribution >= 4 is 49.6 Å². The van der Waals surface area contributed by atoms with Crippen LogP contribution in [0.4, 0.5) is 0 Å². The predicted octanol–water partition coefficient (Wildman–Crippen LogP) is 8.91. The average Bonchev–Trinajstić information content (AvgIpc) is 3.03. The molecule has 0 fully saturated rings. The zero-order valence-corrected chi connectivity index (χ0v) is 31.9. The number of para-hydroxylation sites is 2.